The van der Waals surface area contributed by atoms with E-state index in [1.165, 1.54) is 22.5 Å². The van der Waals surface area contributed by atoms with Crippen molar-refractivity contribution in [3.63, 3.8) is 0 Å². The number of rotatable bonds is 6. The minimum atomic E-state index is -3.99. The van der Waals surface area contributed by atoms with Crippen LogP contribution in [0.4, 0.5) is 5.69 Å². The number of piperazine rings is 1. The molecule has 0 amide bonds. The van der Waals surface area contributed by atoms with Gasteiger partial charge in [-0.3, -0.25) is 14.1 Å². The molecule has 4 rings (SSSR count). The van der Waals surface area contributed by atoms with Gasteiger partial charge in [0.25, 0.3) is 10.0 Å². The predicted molar refractivity (Wildman–Crippen MR) is 130 cm³/mol. The van der Waals surface area contributed by atoms with E-state index in [0.29, 0.717) is 48.5 Å². The van der Waals surface area contributed by atoms with Gasteiger partial charge in [0, 0.05) is 32.7 Å². The molecule has 2 aromatic carbocycles. The van der Waals surface area contributed by atoms with Gasteiger partial charge in [-0.05, 0) is 56.8 Å². The van der Waals surface area contributed by atoms with Gasteiger partial charge in [-0.15, -0.1) is 0 Å². The molecule has 0 atom stereocenters. The number of hydrogen-bond acceptors (Lipinski definition) is 7. The van der Waals surface area contributed by atoms with Gasteiger partial charge in [-0.2, -0.15) is 4.31 Å². The van der Waals surface area contributed by atoms with E-state index >= 15 is 0 Å². The van der Waals surface area contributed by atoms with Crippen molar-refractivity contribution in [3.8, 4) is 0 Å². The van der Waals surface area contributed by atoms with Crippen molar-refractivity contribution in [2.45, 2.75) is 30.2 Å². The molecule has 2 heterocycles. The molecular formula is C21H26N4O5S3. The largest absolute Gasteiger partial charge is 0.308 e. The summed E-state index contributed by atoms with van der Waals surface area (Å²) >= 11 is 0.991. The van der Waals surface area contributed by atoms with Gasteiger partial charge >= 0.3 is 4.87 Å². The van der Waals surface area contributed by atoms with E-state index < -0.39 is 20.0 Å². The summed E-state index contributed by atoms with van der Waals surface area (Å²) in [7, 11) is -5.81. The summed E-state index contributed by atoms with van der Waals surface area (Å²) in [6.07, 6.45) is 0. The van der Waals surface area contributed by atoms with Gasteiger partial charge in [-0.1, -0.05) is 17.4 Å². The van der Waals surface area contributed by atoms with Crippen molar-refractivity contribution in [2.24, 2.45) is 0 Å². The van der Waals surface area contributed by atoms with Crippen LogP contribution in [-0.4, -0.2) is 63.8 Å². The maximum atomic E-state index is 13.2. The molecule has 12 heteroatoms. The number of benzene rings is 2. The summed E-state index contributed by atoms with van der Waals surface area (Å²) in [6, 6.07) is 9.03. The van der Waals surface area contributed by atoms with Crippen LogP contribution in [0.2, 0.25) is 0 Å². The van der Waals surface area contributed by atoms with Crippen LogP contribution < -0.4 is 9.60 Å². The normalized spacial score (nSPS) is 16.3. The molecule has 1 saturated heterocycles. The molecule has 0 bridgehead atoms. The van der Waals surface area contributed by atoms with Gasteiger partial charge < -0.3 is 4.90 Å². The number of nitrogens with one attached hydrogen (secondary N) is 1. The van der Waals surface area contributed by atoms with Crippen molar-refractivity contribution >= 4 is 47.3 Å². The summed E-state index contributed by atoms with van der Waals surface area (Å²) < 4.78 is 58.6. The van der Waals surface area contributed by atoms with E-state index in [1.54, 1.807) is 29.7 Å². The quantitative estimate of drug-likeness (QED) is 0.544. The second kappa shape index (κ2) is 8.84. The Balaban J connectivity index is 1.65. The number of anilines is 1. The number of aromatic nitrogens is 1. The van der Waals surface area contributed by atoms with Crippen molar-refractivity contribution in [1.29, 1.82) is 0 Å². The first-order chi connectivity index (χ1) is 15.5. The van der Waals surface area contributed by atoms with Crippen molar-refractivity contribution in [1.82, 2.24) is 13.8 Å². The summed E-state index contributed by atoms with van der Waals surface area (Å²) in [4.78, 5) is 14.1. The highest BCUT2D eigenvalue weighted by Gasteiger charge is 2.29. The Bertz CT molecular complexity index is 1470. The number of aryl methyl sites for hydroxylation is 2. The Hall–Kier alpha value is -2.25. The minimum absolute atomic E-state index is 0.00329. The average Bonchev–Trinajstić information content (AvgIpc) is 3.09. The highest BCUT2D eigenvalue weighted by atomic mass is 32.2. The van der Waals surface area contributed by atoms with Crippen molar-refractivity contribution < 1.29 is 16.8 Å². The maximum absolute atomic E-state index is 13.2. The zero-order valence-corrected chi connectivity index (χ0v) is 21.1. The number of thiazole rings is 1. The fraction of sp³-hybridized carbons (Fsp3) is 0.381. The molecule has 0 radical (unpaired) electrons. The first-order valence-corrected chi connectivity index (χ1v) is 14.2. The topological polar surface area (TPSA) is 109 Å². The van der Waals surface area contributed by atoms with Crippen LogP contribution in [0, 0.1) is 6.92 Å². The molecule has 3 aromatic rings. The van der Waals surface area contributed by atoms with Crippen LogP contribution in [0.3, 0.4) is 0 Å². The first-order valence-electron chi connectivity index (χ1n) is 10.5. The predicted octanol–water partition coefficient (Wildman–Crippen LogP) is 2.13. The summed E-state index contributed by atoms with van der Waals surface area (Å²) in [5.41, 5.74) is 1.39. The average molecular weight is 511 g/mol. The summed E-state index contributed by atoms with van der Waals surface area (Å²) in [5, 5.41) is 0. The Morgan fingerprint density at radius 3 is 2.36 bits per heavy atom. The van der Waals surface area contributed by atoms with Crippen molar-refractivity contribution in [3.05, 3.63) is 51.6 Å². The molecule has 1 aliphatic rings. The van der Waals surface area contributed by atoms with E-state index in [0.717, 1.165) is 11.3 Å². The van der Waals surface area contributed by atoms with E-state index in [9.17, 15) is 21.6 Å². The highest BCUT2D eigenvalue weighted by Crippen LogP contribution is 2.27. The Kier molecular flexibility index (Phi) is 6.40. The van der Waals surface area contributed by atoms with Crippen LogP contribution >= 0.6 is 11.3 Å². The van der Waals surface area contributed by atoms with Gasteiger partial charge in [0.05, 0.1) is 25.7 Å². The SMILES string of the molecule is CCn1c(=O)sc2cc(S(=O)(=O)Nc3ccc(C)c(S(=O)(=O)N4CCN(C)CC4)c3)ccc21. The van der Waals surface area contributed by atoms with Crippen LogP contribution in [-0.2, 0) is 26.6 Å². The summed E-state index contributed by atoms with van der Waals surface area (Å²) in [5.74, 6) is 0. The lowest BCUT2D eigenvalue weighted by atomic mass is 10.2. The lowest BCUT2D eigenvalue weighted by Gasteiger charge is -2.32. The fourth-order valence-corrected chi connectivity index (χ4v) is 7.65. The van der Waals surface area contributed by atoms with E-state index in [1.807, 2.05) is 14.0 Å². The zero-order chi connectivity index (χ0) is 24.0. The molecule has 9 nitrogen and oxygen atoms in total. The third-order valence-corrected chi connectivity index (χ3v) is 10.1. The number of fused-ring (bicyclic) bond motifs is 1. The Labute approximate surface area is 197 Å². The lowest BCUT2D eigenvalue weighted by molar-refractivity contribution is 0.222. The highest BCUT2D eigenvalue weighted by molar-refractivity contribution is 7.92. The second-order valence-electron chi connectivity index (χ2n) is 8.03. The molecule has 0 aliphatic carbocycles. The monoisotopic (exact) mass is 510 g/mol. The number of sulfonamides is 2. The van der Waals surface area contributed by atoms with Crippen LogP contribution in [0.25, 0.3) is 10.2 Å². The van der Waals surface area contributed by atoms with Gasteiger partial charge in [0.15, 0.2) is 0 Å². The van der Waals surface area contributed by atoms with Crippen LogP contribution in [0.1, 0.15) is 12.5 Å². The molecule has 1 aliphatic heterocycles. The van der Waals surface area contributed by atoms with Crippen LogP contribution in [0.15, 0.2) is 51.0 Å². The summed E-state index contributed by atoms with van der Waals surface area (Å²) in [6.45, 7) is 6.08. The van der Waals surface area contributed by atoms with E-state index in [4.69, 9.17) is 0 Å². The molecule has 1 N–H and O–H groups in total. The fourth-order valence-electron chi connectivity index (χ4n) is 3.84. The first kappa shape index (κ1) is 23.9. The van der Waals surface area contributed by atoms with E-state index in [-0.39, 0.29) is 20.4 Å². The molecule has 1 aromatic heterocycles. The smallest absolute Gasteiger partial charge is 0.304 e. The third kappa shape index (κ3) is 4.58. The van der Waals surface area contributed by atoms with Crippen molar-refractivity contribution in [2.75, 3.05) is 37.9 Å². The number of hydrogen-bond donors (Lipinski definition) is 1. The van der Waals surface area contributed by atoms with E-state index in [2.05, 4.69) is 9.62 Å². The molecule has 0 saturated carbocycles. The molecular weight excluding hydrogens is 484 g/mol. The minimum Gasteiger partial charge on any atom is -0.304 e. The molecule has 33 heavy (non-hydrogen) atoms. The Morgan fingerprint density at radius 1 is 1.00 bits per heavy atom. The third-order valence-electron chi connectivity index (χ3n) is 5.79. The number of likely N-dealkylation sites (N-methyl/N-ethyl adjacent to an activating group) is 1. The lowest BCUT2D eigenvalue weighted by Crippen LogP contribution is -2.47. The molecule has 1 fully saturated rings. The van der Waals surface area contributed by atoms with Crippen LogP contribution in [0.5, 0.6) is 0 Å². The zero-order valence-electron chi connectivity index (χ0n) is 18.6. The molecule has 0 unspecified atom stereocenters. The number of nitrogens with zero attached hydrogens (tertiary/aromatic N) is 3. The maximum Gasteiger partial charge on any atom is 0.308 e. The van der Waals surface area contributed by atoms with Gasteiger partial charge in [-0.25, -0.2) is 16.8 Å². The van der Waals surface area contributed by atoms with Gasteiger partial charge in [0.1, 0.15) is 0 Å². The standard InChI is InChI=1S/C21H26N4O5S3/c1-4-25-18-8-7-17(14-19(18)31-21(25)26)32(27,28)22-16-6-5-15(2)20(13-16)33(29,30)24-11-9-23(3)10-12-24/h5-8,13-14,22H,4,9-12H2,1-3H3. The Morgan fingerprint density at radius 2 is 1.70 bits per heavy atom. The molecule has 0 spiro atoms. The van der Waals surface area contributed by atoms with Gasteiger partial charge in [0.2, 0.25) is 10.0 Å². The second-order valence-corrected chi connectivity index (χ2v) is 12.6. The molecule has 178 valence electrons.